The Morgan fingerprint density at radius 3 is 2.63 bits per heavy atom. The first-order chi connectivity index (χ1) is 8.93. The molecule has 0 spiro atoms. The summed E-state index contributed by atoms with van der Waals surface area (Å²) in [6.45, 7) is 0.401. The van der Waals surface area contributed by atoms with E-state index in [-0.39, 0.29) is 5.69 Å². The minimum absolute atomic E-state index is 0.274. The van der Waals surface area contributed by atoms with E-state index in [2.05, 4.69) is 5.10 Å². The smallest absolute Gasteiger partial charge is 0.383 e. The van der Waals surface area contributed by atoms with Crippen molar-refractivity contribution in [2.75, 3.05) is 12.3 Å². The molecule has 0 fully saturated rings. The number of aromatic nitrogens is 2. The third kappa shape index (κ3) is 2.70. The van der Waals surface area contributed by atoms with E-state index in [1.165, 1.54) is 23.0 Å². The second kappa shape index (κ2) is 4.93. The Balaban J connectivity index is 2.42. The summed E-state index contributed by atoms with van der Waals surface area (Å²) >= 11 is 0. The lowest BCUT2D eigenvalue weighted by atomic mass is 10.2. The zero-order chi connectivity index (χ0) is 14.0. The zero-order valence-electron chi connectivity index (χ0n) is 9.98. The van der Waals surface area contributed by atoms with Crippen LogP contribution in [0.5, 0.6) is 0 Å². The van der Waals surface area contributed by atoms with Crippen LogP contribution < -0.4 is 11.5 Å². The van der Waals surface area contributed by atoms with Crippen molar-refractivity contribution in [3.8, 4) is 5.69 Å². The van der Waals surface area contributed by atoms with Gasteiger partial charge in [0.2, 0.25) is 0 Å². The van der Waals surface area contributed by atoms with Crippen molar-refractivity contribution in [1.29, 1.82) is 0 Å². The van der Waals surface area contributed by atoms with Crippen LogP contribution in [0.1, 0.15) is 11.1 Å². The highest BCUT2D eigenvalue weighted by atomic mass is 19.4. The summed E-state index contributed by atoms with van der Waals surface area (Å²) in [5.74, 6) is 0.310. The first-order valence-corrected chi connectivity index (χ1v) is 5.63. The number of benzene rings is 1. The van der Waals surface area contributed by atoms with Crippen molar-refractivity contribution >= 4 is 5.82 Å². The van der Waals surface area contributed by atoms with Gasteiger partial charge in [0.15, 0.2) is 0 Å². The van der Waals surface area contributed by atoms with E-state index in [0.717, 1.165) is 17.7 Å². The van der Waals surface area contributed by atoms with Crippen LogP contribution in [0.4, 0.5) is 19.0 Å². The molecule has 0 saturated carbocycles. The van der Waals surface area contributed by atoms with Crippen molar-refractivity contribution in [3.63, 3.8) is 0 Å². The molecule has 0 aliphatic heterocycles. The summed E-state index contributed by atoms with van der Waals surface area (Å²) in [5, 5.41) is 4.00. The topological polar surface area (TPSA) is 69.9 Å². The van der Waals surface area contributed by atoms with Crippen LogP contribution in [-0.4, -0.2) is 16.3 Å². The molecule has 0 atom stereocenters. The summed E-state index contributed by atoms with van der Waals surface area (Å²) in [7, 11) is 0. The number of nitrogens with two attached hydrogens (primary N) is 2. The Labute approximate surface area is 107 Å². The second-order valence-electron chi connectivity index (χ2n) is 4.05. The third-order valence-corrected chi connectivity index (χ3v) is 2.72. The number of alkyl halides is 3. The van der Waals surface area contributed by atoms with E-state index in [4.69, 9.17) is 11.5 Å². The van der Waals surface area contributed by atoms with E-state index in [1.807, 2.05) is 0 Å². The SMILES string of the molecule is NCCc1cnn(-c2cccc(C(F)(F)F)c2)c1N. The van der Waals surface area contributed by atoms with Gasteiger partial charge < -0.3 is 11.5 Å². The van der Waals surface area contributed by atoms with Crippen LogP contribution in [0.25, 0.3) is 5.69 Å². The molecule has 0 aliphatic carbocycles. The molecule has 1 aromatic heterocycles. The standard InChI is InChI=1S/C12H13F3N4/c13-12(14,15)9-2-1-3-10(6-9)19-11(17)8(4-5-16)7-18-19/h1-3,6-7H,4-5,16-17H2. The number of nitrogen functional groups attached to an aromatic ring is 1. The molecular weight excluding hydrogens is 257 g/mol. The molecule has 2 rings (SSSR count). The van der Waals surface area contributed by atoms with Crippen molar-refractivity contribution in [1.82, 2.24) is 9.78 Å². The number of nitrogens with zero attached hydrogens (tertiary/aromatic N) is 2. The molecule has 0 unspecified atom stereocenters. The Bertz CT molecular complexity index is 575. The minimum Gasteiger partial charge on any atom is -0.383 e. The lowest BCUT2D eigenvalue weighted by Crippen LogP contribution is -2.09. The van der Waals surface area contributed by atoms with Gasteiger partial charge in [0.1, 0.15) is 5.82 Å². The maximum atomic E-state index is 12.6. The molecule has 0 radical (unpaired) electrons. The predicted octanol–water partition coefficient (Wildman–Crippen LogP) is 1.97. The first kappa shape index (κ1) is 13.4. The number of anilines is 1. The van der Waals surface area contributed by atoms with Crippen molar-refractivity contribution in [2.24, 2.45) is 5.73 Å². The Hall–Kier alpha value is -2.02. The average molecular weight is 270 g/mol. The predicted molar refractivity (Wildman–Crippen MR) is 65.7 cm³/mol. The molecule has 0 aliphatic rings. The van der Waals surface area contributed by atoms with Crippen molar-refractivity contribution in [3.05, 3.63) is 41.6 Å². The van der Waals surface area contributed by atoms with Gasteiger partial charge in [-0.05, 0) is 31.2 Å². The van der Waals surface area contributed by atoms with Crippen molar-refractivity contribution in [2.45, 2.75) is 12.6 Å². The summed E-state index contributed by atoms with van der Waals surface area (Å²) < 4.78 is 39.2. The van der Waals surface area contributed by atoms with E-state index < -0.39 is 11.7 Å². The number of halogens is 3. The summed E-state index contributed by atoms with van der Waals surface area (Å²) in [5.41, 5.74) is 11.5. The van der Waals surface area contributed by atoms with Crippen LogP contribution in [0.15, 0.2) is 30.5 Å². The Morgan fingerprint density at radius 1 is 1.26 bits per heavy atom. The molecule has 0 bridgehead atoms. The van der Waals surface area contributed by atoms with Gasteiger partial charge in [0.05, 0.1) is 17.4 Å². The monoisotopic (exact) mass is 270 g/mol. The zero-order valence-corrected chi connectivity index (χ0v) is 9.98. The van der Waals surface area contributed by atoms with E-state index in [9.17, 15) is 13.2 Å². The lowest BCUT2D eigenvalue weighted by molar-refractivity contribution is -0.137. The van der Waals surface area contributed by atoms with Crippen LogP contribution in [-0.2, 0) is 12.6 Å². The first-order valence-electron chi connectivity index (χ1n) is 5.63. The van der Waals surface area contributed by atoms with Crippen LogP contribution in [0.3, 0.4) is 0 Å². The van der Waals surface area contributed by atoms with E-state index in [1.54, 1.807) is 0 Å². The molecule has 2 aromatic rings. The van der Waals surface area contributed by atoms with Gasteiger partial charge in [0.25, 0.3) is 0 Å². The van der Waals surface area contributed by atoms with Crippen LogP contribution in [0.2, 0.25) is 0 Å². The highest BCUT2D eigenvalue weighted by molar-refractivity contribution is 5.48. The normalized spacial score (nSPS) is 11.8. The molecule has 4 N–H and O–H groups in total. The molecule has 102 valence electrons. The Kier molecular flexibility index (Phi) is 3.48. The van der Waals surface area contributed by atoms with Gasteiger partial charge in [-0.1, -0.05) is 6.07 Å². The van der Waals surface area contributed by atoms with Gasteiger partial charge in [-0.25, -0.2) is 4.68 Å². The number of rotatable bonds is 3. The van der Waals surface area contributed by atoms with Gasteiger partial charge in [-0.15, -0.1) is 0 Å². The van der Waals surface area contributed by atoms with Gasteiger partial charge in [0, 0.05) is 5.56 Å². The molecule has 1 aromatic carbocycles. The Morgan fingerprint density at radius 2 is 2.00 bits per heavy atom. The number of hydrogen-bond donors (Lipinski definition) is 2. The number of hydrogen-bond acceptors (Lipinski definition) is 3. The fourth-order valence-corrected chi connectivity index (χ4v) is 1.76. The van der Waals surface area contributed by atoms with E-state index in [0.29, 0.717) is 18.8 Å². The fraction of sp³-hybridized carbons (Fsp3) is 0.250. The lowest BCUT2D eigenvalue weighted by Gasteiger charge is -2.10. The highest BCUT2D eigenvalue weighted by Gasteiger charge is 2.30. The summed E-state index contributed by atoms with van der Waals surface area (Å²) in [6, 6.07) is 4.85. The van der Waals surface area contributed by atoms with E-state index >= 15 is 0 Å². The molecule has 0 amide bonds. The third-order valence-electron chi connectivity index (χ3n) is 2.72. The molecular formula is C12H13F3N4. The molecule has 1 heterocycles. The maximum Gasteiger partial charge on any atom is 0.416 e. The van der Waals surface area contributed by atoms with Crippen molar-refractivity contribution < 1.29 is 13.2 Å². The highest BCUT2D eigenvalue weighted by Crippen LogP contribution is 2.30. The van der Waals surface area contributed by atoms with Crippen LogP contribution in [0, 0.1) is 0 Å². The minimum atomic E-state index is -4.39. The molecule has 4 nitrogen and oxygen atoms in total. The second-order valence-corrected chi connectivity index (χ2v) is 4.05. The molecule has 0 saturated heterocycles. The fourth-order valence-electron chi connectivity index (χ4n) is 1.76. The van der Waals surface area contributed by atoms with Gasteiger partial charge >= 0.3 is 6.18 Å². The molecule has 7 heteroatoms. The quantitative estimate of drug-likeness (QED) is 0.895. The van der Waals surface area contributed by atoms with Crippen LogP contribution >= 0.6 is 0 Å². The van der Waals surface area contributed by atoms with Gasteiger partial charge in [-0.3, -0.25) is 0 Å². The summed E-state index contributed by atoms with van der Waals surface area (Å²) in [4.78, 5) is 0. The maximum absolute atomic E-state index is 12.6. The summed E-state index contributed by atoms with van der Waals surface area (Å²) in [6.07, 6.45) is -2.34. The van der Waals surface area contributed by atoms with Gasteiger partial charge in [-0.2, -0.15) is 18.3 Å². The largest absolute Gasteiger partial charge is 0.416 e. The average Bonchev–Trinajstić information content (AvgIpc) is 2.71. The molecule has 19 heavy (non-hydrogen) atoms.